The van der Waals surface area contributed by atoms with E-state index in [1.807, 2.05) is 33.7 Å². The maximum Gasteiger partial charge on any atom is 0.241 e. The molecule has 8 nitrogen and oxygen atoms in total. The molecule has 1 fully saturated rings. The lowest BCUT2D eigenvalue weighted by Gasteiger charge is -2.28. The third-order valence-electron chi connectivity index (χ3n) is 5.94. The third-order valence-corrected chi connectivity index (χ3v) is 5.94. The first-order valence-electron chi connectivity index (χ1n) is 10.8. The Labute approximate surface area is 175 Å². The highest BCUT2D eigenvalue weighted by molar-refractivity contribution is 5.79. The zero-order valence-corrected chi connectivity index (χ0v) is 17.5. The van der Waals surface area contributed by atoms with Gasteiger partial charge in [-0.15, -0.1) is 5.10 Å². The van der Waals surface area contributed by atoms with Crippen LogP contribution in [0.5, 0.6) is 0 Å². The summed E-state index contributed by atoms with van der Waals surface area (Å²) in [5.74, 6) is 1.39. The molecule has 0 radical (unpaired) electrons. The Balaban J connectivity index is 1.37. The maximum absolute atomic E-state index is 5.75. The van der Waals surface area contributed by atoms with Crippen LogP contribution in [0.4, 0.5) is 5.95 Å². The van der Waals surface area contributed by atoms with Crippen molar-refractivity contribution in [2.24, 2.45) is 0 Å². The molecule has 1 N–H and O–H groups in total. The van der Waals surface area contributed by atoms with Crippen molar-refractivity contribution in [3.05, 3.63) is 42.7 Å². The summed E-state index contributed by atoms with van der Waals surface area (Å²) in [4.78, 5) is 13.5. The molecule has 4 aromatic rings. The molecule has 0 spiro atoms. The van der Waals surface area contributed by atoms with Crippen molar-refractivity contribution in [2.75, 3.05) is 11.9 Å². The largest absolute Gasteiger partial charge is 0.379 e. The Morgan fingerprint density at radius 2 is 1.90 bits per heavy atom. The molecule has 156 valence electrons. The molecule has 4 aromatic heterocycles. The Kier molecular flexibility index (Phi) is 5.08. The van der Waals surface area contributed by atoms with Crippen molar-refractivity contribution in [1.82, 2.24) is 29.0 Å². The first kappa shape index (κ1) is 19.0. The highest BCUT2D eigenvalue weighted by Crippen LogP contribution is 2.26. The summed E-state index contributed by atoms with van der Waals surface area (Å²) >= 11 is 0. The number of aryl methyl sites for hydroxylation is 1. The van der Waals surface area contributed by atoms with Crippen LogP contribution in [0.2, 0.25) is 0 Å². The number of nitrogens with one attached hydrogen (secondary N) is 1. The first-order valence-corrected chi connectivity index (χ1v) is 10.8. The van der Waals surface area contributed by atoms with Crippen molar-refractivity contribution in [1.29, 1.82) is 0 Å². The second-order valence-corrected chi connectivity index (χ2v) is 7.83. The topological polar surface area (TPSA) is 81.6 Å². The Morgan fingerprint density at radius 3 is 2.70 bits per heavy atom. The van der Waals surface area contributed by atoms with E-state index in [0.717, 1.165) is 66.8 Å². The SMILES string of the molecule is CCO[C@H]1CC[C@H](Nc2ncc3c(-c4cnc5ncc(CC)n5c4)ccn3n2)CC1. The Bertz CT molecular complexity index is 1160. The van der Waals surface area contributed by atoms with E-state index < -0.39 is 0 Å². The van der Waals surface area contributed by atoms with Gasteiger partial charge in [-0.05, 0) is 45.1 Å². The molecule has 30 heavy (non-hydrogen) atoms. The molecule has 0 aliphatic heterocycles. The van der Waals surface area contributed by atoms with Gasteiger partial charge in [-0.2, -0.15) is 0 Å². The van der Waals surface area contributed by atoms with Crippen molar-refractivity contribution >= 4 is 17.2 Å². The number of rotatable bonds is 6. The van der Waals surface area contributed by atoms with Gasteiger partial charge < -0.3 is 10.1 Å². The lowest BCUT2D eigenvalue weighted by atomic mass is 9.93. The van der Waals surface area contributed by atoms with Gasteiger partial charge >= 0.3 is 0 Å². The van der Waals surface area contributed by atoms with E-state index in [1.165, 1.54) is 0 Å². The number of fused-ring (bicyclic) bond motifs is 2. The number of imidazole rings is 1. The normalized spacial score (nSPS) is 19.5. The van der Waals surface area contributed by atoms with Crippen LogP contribution in [0.3, 0.4) is 0 Å². The Hall–Kier alpha value is -3.00. The van der Waals surface area contributed by atoms with Gasteiger partial charge in [0, 0.05) is 48.1 Å². The zero-order valence-electron chi connectivity index (χ0n) is 17.5. The second-order valence-electron chi connectivity index (χ2n) is 7.83. The molecule has 4 heterocycles. The number of ether oxygens (including phenoxy) is 1. The van der Waals surface area contributed by atoms with Crippen molar-refractivity contribution < 1.29 is 4.74 Å². The van der Waals surface area contributed by atoms with E-state index in [-0.39, 0.29) is 0 Å². The van der Waals surface area contributed by atoms with E-state index in [0.29, 0.717) is 18.1 Å². The van der Waals surface area contributed by atoms with Crippen LogP contribution in [0.15, 0.2) is 37.1 Å². The molecule has 1 aliphatic carbocycles. The van der Waals surface area contributed by atoms with Gasteiger partial charge in [0.1, 0.15) is 0 Å². The molecule has 5 rings (SSSR count). The smallest absolute Gasteiger partial charge is 0.241 e. The van der Waals surface area contributed by atoms with Gasteiger partial charge in [0.2, 0.25) is 11.7 Å². The van der Waals surface area contributed by atoms with Gasteiger partial charge in [0.15, 0.2) is 0 Å². The fourth-order valence-corrected chi connectivity index (χ4v) is 4.32. The summed E-state index contributed by atoms with van der Waals surface area (Å²) < 4.78 is 9.68. The van der Waals surface area contributed by atoms with Crippen molar-refractivity contribution in [2.45, 2.75) is 58.1 Å². The number of hydrogen-bond acceptors (Lipinski definition) is 6. The molecule has 0 saturated heterocycles. The van der Waals surface area contributed by atoms with E-state index in [9.17, 15) is 0 Å². The van der Waals surface area contributed by atoms with E-state index >= 15 is 0 Å². The van der Waals surface area contributed by atoms with Crippen LogP contribution >= 0.6 is 0 Å². The van der Waals surface area contributed by atoms with Crippen molar-refractivity contribution in [3.8, 4) is 11.1 Å². The lowest BCUT2D eigenvalue weighted by Crippen LogP contribution is -2.30. The molecule has 1 saturated carbocycles. The molecule has 0 unspecified atom stereocenters. The summed E-state index contributed by atoms with van der Waals surface area (Å²) in [5, 5.41) is 8.18. The van der Waals surface area contributed by atoms with Crippen LogP contribution in [0, 0.1) is 0 Å². The average Bonchev–Trinajstić information content (AvgIpc) is 3.38. The van der Waals surface area contributed by atoms with E-state index in [1.54, 1.807) is 0 Å². The quantitative estimate of drug-likeness (QED) is 0.526. The average molecular weight is 406 g/mol. The number of nitrogens with zero attached hydrogens (tertiary/aromatic N) is 6. The third kappa shape index (κ3) is 3.52. The lowest BCUT2D eigenvalue weighted by molar-refractivity contribution is 0.0346. The maximum atomic E-state index is 5.75. The zero-order chi connectivity index (χ0) is 20.5. The molecular weight excluding hydrogens is 378 g/mol. The van der Waals surface area contributed by atoms with Crippen LogP contribution in [-0.2, 0) is 11.2 Å². The first-order chi connectivity index (χ1) is 14.7. The molecule has 1 aliphatic rings. The highest BCUT2D eigenvalue weighted by atomic mass is 16.5. The summed E-state index contributed by atoms with van der Waals surface area (Å²) in [5.41, 5.74) is 4.18. The van der Waals surface area contributed by atoms with E-state index in [2.05, 4.69) is 51.5 Å². The van der Waals surface area contributed by atoms with Gasteiger partial charge in [-0.3, -0.25) is 4.40 Å². The molecular formula is C22H27N7O. The number of hydrogen-bond donors (Lipinski definition) is 1. The summed E-state index contributed by atoms with van der Waals surface area (Å²) in [6.07, 6.45) is 15.3. The van der Waals surface area contributed by atoms with Gasteiger partial charge in [-0.1, -0.05) is 6.92 Å². The minimum Gasteiger partial charge on any atom is -0.379 e. The van der Waals surface area contributed by atoms with Crippen molar-refractivity contribution in [3.63, 3.8) is 0 Å². The van der Waals surface area contributed by atoms with Gasteiger partial charge in [0.05, 0.1) is 24.0 Å². The number of aromatic nitrogens is 6. The number of anilines is 1. The van der Waals surface area contributed by atoms with Crippen LogP contribution in [-0.4, -0.2) is 47.7 Å². The minimum absolute atomic E-state index is 0.398. The second kappa shape index (κ2) is 8.02. The molecule has 8 heteroatoms. The minimum atomic E-state index is 0.398. The van der Waals surface area contributed by atoms with Crippen LogP contribution in [0.1, 0.15) is 45.2 Å². The molecule has 0 amide bonds. The summed E-state index contributed by atoms with van der Waals surface area (Å²) in [6.45, 7) is 4.97. The summed E-state index contributed by atoms with van der Waals surface area (Å²) in [6, 6.07) is 2.46. The predicted molar refractivity (Wildman–Crippen MR) is 116 cm³/mol. The molecule has 0 atom stereocenters. The fraction of sp³-hybridized carbons (Fsp3) is 0.455. The summed E-state index contributed by atoms with van der Waals surface area (Å²) in [7, 11) is 0. The molecule has 0 bridgehead atoms. The van der Waals surface area contributed by atoms with Gasteiger partial charge in [-0.25, -0.2) is 19.5 Å². The van der Waals surface area contributed by atoms with Gasteiger partial charge in [0.25, 0.3) is 0 Å². The predicted octanol–water partition coefficient (Wildman–Crippen LogP) is 3.76. The molecule has 0 aromatic carbocycles. The highest BCUT2D eigenvalue weighted by Gasteiger charge is 2.22. The Morgan fingerprint density at radius 1 is 1.07 bits per heavy atom. The fourth-order valence-electron chi connectivity index (χ4n) is 4.32. The van der Waals surface area contributed by atoms with E-state index in [4.69, 9.17) is 4.74 Å². The van der Waals surface area contributed by atoms with Crippen LogP contribution < -0.4 is 5.32 Å². The standard InChI is InChI=1S/C22H27N7O/c1-3-17-12-25-22-24-11-15(14-28(17)22)19-9-10-29-20(19)13-23-21(27-29)26-16-5-7-18(8-6-16)30-4-2/h9-14,16,18H,3-8H2,1-2H3,(H,26,27)/t16-,18-. The van der Waals surface area contributed by atoms with Crippen LogP contribution in [0.25, 0.3) is 22.4 Å². The monoisotopic (exact) mass is 405 g/mol.